The van der Waals surface area contributed by atoms with Crippen LogP contribution in [0.2, 0.25) is 0 Å². The molecular formula is C12H15NO2. The highest BCUT2D eigenvalue weighted by atomic mass is 16.5. The molecule has 3 heteroatoms. The number of hydrogen-bond donors (Lipinski definition) is 1. The van der Waals surface area contributed by atoms with Crippen LogP contribution in [-0.2, 0) is 15.1 Å². The van der Waals surface area contributed by atoms with Gasteiger partial charge in [-0.15, -0.1) is 0 Å². The fourth-order valence-electron chi connectivity index (χ4n) is 2.06. The van der Waals surface area contributed by atoms with Crippen LogP contribution in [0.3, 0.4) is 0 Å². The summed E-state index contributed by atoms with van der Waals surface area (Å²) < 4.78 is 4.79. The van der Waals surface area contributed by atoms with Gasteiger partial charge in [-0.05, 0) is 19.4 Å². The van der Waals surface area contributed by atoms with Crippen LogP contribution in [0.4, 0.5) is 0 Å². The van der Waals surface area contributed by atoms with Gasteiger partial charge in [0, 0.05) is 0 Å². The first kappa shape index (κ1) is 10.2. The monoisotopic (exact) mass is 205 g/mol. The fraction of sp³-hybridized carbons (Fsp3) is 0.417. The molecule has 1 aliphatic rings. The Labute approximate surface area is 89.4 Å². The van der Waals surface area contributed by atoms with Crippen LogP contribution >= 0.6 is 0 Å². The van der Waals surface area contributed by atoms with Crippen LogP contribution in [-0.4, -0.2) is 18.6 Å². The molecule has 0 bridgehead atoms. The van der Waals surface area contributed by atoms with Crippen molar-refractivity contribution in [1.29, 1.82) is 0 Å². The summed E-state index contributed by atoms with van der Waals surface area (Å²) in [4.78, 5) is 11.6. The number of esters is 1. The Hall–Kier alpha value is -1.35. The van der Waals surface area contributed by atoms with Crippen molar-refractivity contribution < 1.29 is 9.53 Å². The average Bonchev–Trinajstić information content (AvgIpc) is 2.85. The number of carbonyl (C=O) groups excluding carboxylic acids is 1. The van der Waals surface area contributed by atoms with Crippen molar-refractivity contribution >= 4 is 5.97 Å². The number of carbonyl (C=O) groups is 1. The van der Waals surface area contributed by atoms with Crippen molar-refractivity contribution in [3.8, 4) is 0 Å². The number of hydrogen-bond acceptors (Lipinski definition) is 3. The van der Waals surface area contributed by atoms with E-state index in [-0.39, 0.29) is 11.5 Å². The molecule has 2 atom stereocenters. The van der Waals surface area contributed by atoms with Crippen LogP contribution in [0, 0.1) is 0 Å². The minimum absolute atomic E-state index is 0.214. The summed E-state index contributed by atoms with van der Waals surface area (Å²) in [5, 5.41) is 3.21. The maximum absolute atomic E-state index is 11.6. The lowest BCUT2D eigenvalue weighted by atomic mass is 9.89. The van der Waals surface area contributed by atoms with E-state index in [1.54, 1.807) is 0 Å². The second-order valence-corrected chi connectivity index (χ2v) is 4.23. The van der Waals surface area contributed by atoms with Gasteiger partial charge >= 0.3 is 5.97 Å². The number of rotatable bonds is 2. The van der Waals surface area contributed by atoms with Crippen LogP contribution in [0.5, 0.6) is 0 Å². The first-order valence-electron chi connectivity index (χ1n) is 4.98. The highest BCUT2D eigenvalue weighted by Gasteiger charge is 2.67. The Morgan fingerprint density at radius 1 is 1.27 bits per heavy atom. The largest absolute Gasteiger partial charge is 0.468 e. The van der Waals surface area contributed by atoms with E-state index in [1.165, 1.54) is 7.11 Å². The number of nitrogens with one attached hydrogen (secondary N) is 1. The van der Waals surface area contributed by atoms with Crippen molar-refractivity contribution in [3.05, 3.63) is 35.9 Å². The molecule has 2 rings (SSSR count). The molecule has 3 nitrogen and oxygen atoms in total. The average molecular weight is 205 g/mol. The summed E-state index contributed by atoms with van der Waals surface area (Å²) in [7, 11) is 1.42. The third kappa shape index (κ3) is 1.27. The van der Waals surface area contributed by atoms with Crippen molar-refractivity contribution in [1.82, 2.24) is 5.32 Å². The maximum Gasteiger partial charge on any atom is 0.328 e. The molecule has 0 radical (unpaired) electrons. The lowest BCUT2D eigenvalue weighted by Gasteiger charge is -2.13. The summed E-state index contributed by atoms with van der Waals surface area (Å²) in [5.41, 5.74) is 0.211. The molecule has 0 aromatic heterocycles. The van der Waals surface area contributed by atoms with Gasteiger partial charge in [0.05, 0.1) is 12.6 Å². The molecule has 1 aliphatic heterocycles. The number of methoxy groups -OCH3 is 1. The molecule has 80 valence electrons. The van der Waals surface area contributed by atoms with Gasteiger partial charge in [0.2, 0.25) is 0 Å². The molecule has 0 spiro atoms. The standard InChI is InChI=1S/C12H15NO2/c1-11(9-7-5-4-6-8-9)12(2,13-11)10(14)15-3/h4-8,13H,1-3H3/t11-,12-/m0/s1. The Morgan fingerprint density at radius 3 is 2.40 bits per heavy atom. The van der Waals surface area contributed by atoms with Gasteiger partial charge < -0.3 is 4.74 Å². The Morgan fingerprint density at radius 2 is 1.87 bits per heavy atom. The Bertz CT molecular complexity index is 390. The zero-order valence-electron chi connectivity index (χ0n) is 9.20. The molecule has 1 N–H and O–H groups in total. The second-order valence-electron chi connectivity index (χ2n) is 4.23. The molecule has 1 heterocycles. The Balaban J connectivity index is 2.31. The van der Waals surface area contributed by atoms with E-state index in [4.69, 9.17) is 4.74 Å². The number of ether oxygens (including phenoxy) is 1. The predicted octanol–water partition coefficient (Wildman–Crippen LogP) is 1.44. The van der Waals surface area contributed by atoms with Crippen LogP contribution in [0.15, 0.2) is 30.3 Å². The highest BCUT2D eigenvalue weighted by Crippen LogP contribution is 2.47. The first-order chi connectivity index (χ1) is 7.04. The second kappa shape index (κ2) is 3.07. The predicted molar refractivity (Wildman–Crippen MR) is 57.4 cm³/mol. The minimum Gasteiger partial charge on any atom is -0.468 e. The van der Waals surface area contributed by atoms with Gasteiger partial charge in [0.15, 0.2) is 0 Å². The van der Waals surface area contributed by atoms with Crippen molar-refractivity contribution in [3.63, 3.8) is 0 Å². The molecule has 1 fully saturated rings. The van der Waals surface area contributed by atoms with Gasteiger partial charge in [-0.2, -0.15) is 0 Å². The molecule has 15 heavy (non-hydrogen) atoms. The van der Waals surface area contributed by atoms with Gasteiger partial charge in [0.1, 0.15) is 5.54 Å². The van der Waals surface area contributed by atoms with Gasteiger partial charge in [-0.25, -0.2) is 4.79 Å². The van der Waals surface area contributed by atoms with E-state index in [9.17, 15) is 4.79 Å². The molecule has 0 unspecified atom stereocenters. The van der Waals surface area contributed by atoms with Gasteiger partial charge in [-0.1, -0.05) is 30.3 Å². The van der Waals surface area contributed by atoms with Crippen LogP contribution in [0.25, 0.3) is 0 Å². The fourth-order valence-corrected chi connectivity index (χ4v) is 2.06. The molecule has 0 amide bonds. The maximum atomic E-state index is 11.6. The van der Waals surface area contributed by atoms with Crippen molar-refractivity contribution in [2.45, 2.75) is 24.9 Å². The van der Waals surface area contributed by atoms with E-state index in [0.717, 1.165) is 5.56 Å². The zero-order chi connectivity index (χ0) is 11.1. The van der Waals surface area contributed by atoms with Crippen molar-refractivity contribution in [2.24, 2.45) is 0 Å². The third-order valence-electron chi connectivity index (χ3n) is 3.38. The molecular weight excluding hydrogens is 190 g/mol. The summed E-state index contributed by atoms with van der Waals surface area (Å²) >= 11 is 0. The van der Waals surface area contributed by atoms with E-state index in [0.29, 0.717) is 0 Å². The zero-order valence-corrected chi connectivity index (χ0v) is 9.20. The van der Waals surface area contributed by atoms with E-state index in [1.807, 2.05) is 44.2 Å². The van der Waals surface area contributed by atoms with Crippen LogP contribution in [0.1, 0.15) is 19.4 Å². The third-order valence-corrected chi connectivity index (χ3v) is 3.38. The highest BCUT2D eigenvalue weighted by molar-refractivity contribution is 5.87. The SMILES string of the molecule is COC(=O)[C@]1(C)N[C@@]1(C)c1ccccc1. The summed E-state index contributed by atoms with van der Waals surface area (Å²) in [6, 6.07) is 9.93. The first-order valence-corrected chi connectivity index (χ1v) is 4.98. The van der Waals surface area contributed by atoms with E-state index in [2.05, 4.69) is 5.32 Å². The van der Waals surface area contributed by atoms with Gasteiger partial charge in [-0.3, -0.25) is 5.32 Å². The molecule has 1 aromatic rings. The smallest absolute Gasteiger partial charge is 0.328 e. The summed E-state index contributed by atoms with van der Waals surface area (Å²) in [5.74, 6) is -0.214. The normalized spacial score (nSPS) is 33.5. The lowest BCUT2D eigenvalue weighted by Crippen LogP contribution is -2.29. The molecule has 1 aromatic carbocycles. The van der Waals surface area contributed by atoms with Crippen LogP contribution < -0.4 is 5.32 Å². The quantitative estimate of drug-likeness (QED) is 0.587. The summed E-state index contributed by atoms with van der Waals surface area (Å²) in [6.07, 6.45) is 0. The Kier molecular flexibility index (Phi) is 2.08. The molecule has 0 saturated carbocycles. The lowest BCUT2D eigenvalue weighted by molar-refractivity contribution is -0.143. The number of benzene rings is 1. The van der Waals surface area contributed by atoms with E-state index < -0.39 is 5.54 Å². The minimum atomic E-state index is -0.594. The molecule has 1 saturated heterocycles. The van der Waals surface area contributed by atoms with Crippen molar-refractivity contribution in [2.75, 3.05) is 7.11 Å². The summed E-state index contributed by atoms with van der Waals surface area (Å²) in [6.45, 7) is 3.88. The topological polar surface area (TPSA) is 48.2 Å². The molecule has 0 aliphatic carbocycles. The van der Waals surface area contributed by atoms with E-state index >= 15 is 0 Å². The van der Waals surface area contributed by atoms with Gasteiger partial charge in [0.25, 0.3) is 0 Å².